The molecule has 0 heterocycles. The van der Waals surface area contributed by atoms with Gasteiger partial charge in [0.15, 0.2) is 0 Å². The van der Waals surface area contributed by atoms with Crippen LogP contribution in [0.4, 0.5) is 0 Å². The van der Waals surface area contributed by atoms with Gasteiger partial charge in [-0.1, -0.05) is 0 Å². The topological polar surface area (TPSA) is 0 Å². The molecular formula is C22H21Cl2Zr. The van der Waals surface area contributed by atoms with E-state index in [0.717, 1.165) is 6.42 Å². The van der Waals surface area contributed by atoms with E-state index in [1.165, 1.54) is 33.4 Å². The van der Waals surface area contributed by atoms with Crippen LogP contribution in [0.1, 0.15) is 54.4 Å². The van der Waals surface area contributed by atoms with Gasteiger partial charge in [0, 0.05) is 0 Å². The Labute approximate surface area is 165 Å². The summed E-state index contributed by atoms with van der Waals surface area (Å²) >= 11 is -2.47. The van der Waals surface area contributed by atoms with E-state index in [0.29, 0.717) is 15.5 Å². The summed E-state index contributed by atoms with van der Waals surface area (Å²) in [7, 11) is 13.4. The van der Waals surface area contributed by atoms with Crippen LogP contribution in [-0.2, 0) is 19.4 Å². The maximum absolute atomic E-state index is 6.72. The molecule has 0 aliphatic heterocycles. The van der Waals surface area contributed by atoms with Gasteiger partial charge >= 0.3 is 166 Å². The maximum atomic E-state index is 6.72. The minimum atomic E-state index is -2.47. The number of hydrogen-bond donors (Lipinski definition) is 0. The molecule has 2 aliphatic rings. The van der Waals surface area contributed by atoms with Gasteiger partial charge in [-0.2, -0.15) is 0 Å². The van der Waals surface area contributed by atoms with Crippen molar-refractivity contribution in [2.24, 2.45) is 0 Å². The van der Waals surface area contributed by atoms with Crippen molar-refractivity contribution >= 4 is 29.2 Å². The molecule has 3 atom stereocenters. The van der Waals surface area contributed by atoms with Crippen LogP contribution in [0, 0.1) is 0 Å². The van der Waals surface area contributed by atoms with E-state index in [9.17, 15) is 0 Å². The van der Waals surface area contributed by atoms with Gasteiger partial charge < -0.3 is 0 Å². The SMILES string of the molecule is CC1=Cc2ccccc2C1C[CH](C1C(C)=Cc2ccccc21)[Zr]([Cl])[Cl]. The van der Waals surface area contributed by atoms with Crippen molar-refractivity contribution in [1.29, 1.82) is 0 Å². The third-order valence-electron chi connectivity index (χ3n) is 5.68. The molecule has 0 saturated heterocycles. The zero-order valence-electron chi connectivity index (χ0n) is 14.5. The molecule has 0 saturated carbocycles. The molecule has 0 fully saturated rings. The van der Waals surface area contributed by atoms with Crippen molar-refractivity contribution in [1.82, 2.24) is 0 Å². The van der Waals surface area contributed by atoms with Gasteiger partial charge in [0.2, 0.25) is 0 Å². The number of allylic oxidation sites excluding steroid dienone is 2. The predicted octanol–water partition coefficient (Wildman–Crippen LogP) is 7.49. The molecule has 0 spiro atoms. The van der Waals surface area contributed by atoms with Gasteiger partial charge in [-0.25, -0.2) is 0 Å². The molecule has 2 aromatic carbocycles. The van der Waals surface area contributed by atoms with Crippen LogP contribution < -0.4 is 0 Å². The van der Waals surface area contributed by atoms with Gasteiger partial charge in [0.25, 0.3) is 0 Å². The van der Waals surface area contributed by atoms with Gasteiger partial charge in [-0.15, -0.1) is 0 Å². The molecule has 0 aromatic heterocycles. The van der Waals surface area contributed by atoms with Crippen molar-refractivity contribution in [3.05, 3.63) is 81.9 Å². The summed E-state index contributed by atoms with van der Waals surface area (Å²) in [6.45, 7) is 4.49. The van der Waals surface area contributed by atoms with E-state index >= 15 is 0 Å². The first kappa shape index (κ1) is 17.8. The third-order valence-corrected chi connectivity index (χ3v) is 11.8. The Bertz CT molecular complexity index is 866. The summed E-state index contributed by atoms with van der Waals surface area (Å²) in [5.41, 5.74) is 8.41. The van der Waals surface area contributed by atoms with Crippen LogP contribution in [0.25, 0.3) is 12.2 Å². The first-order chi connectivity index (χ1) is 12.1. The second kappa shape index (κ2) is 7.18. The summed E-state index contributed by atoms with van der Waals surface area (Å²) in [5.74, 6) is 0.844. The predicted molar refractivity (Wildman–Crippen MR) is 106 cm³/mol. The summed E-state index contributed by atoms with van der Waals surface area (Å²) in [5, 5.41) is 0. The Kier molecular flexibility index (Phi) is 5.11. The van der Waals surface area contributed by atoms with E-state index in [-0.39, 0.29) is 0 Å². The third kappa shape index (κ3) is 3.25. The van der Waals surface area contributed by atoms with Crippen molar-refractivity contribution in [2.45, 2.75) is 35.7 Å². The van der Waals surface area contributed by atoms with Crippen molar-refractivity contribution in [3.8, 4) is 0 Å². The molecule has 0 N–H and O–H groups in total. The Balaban J connectivity index is 1.68. The average molecular weight is 448 g/mol. The second-order valence-electron chi connectivity index (χ2n) is 7.20. The van der Waals surface area contributed by atoms with Crippen LogP contribution in [-0.4, -0.2) is 0 Å². The van der Waals surface area contributed by atoms with E-state index < -0.39 is 19.4 Å². The first-order valence-electron chi connectivity index (χ1n) is 8.78. The van der Waals surface area contributed by atoms with Gasteiger partial charge in [0.1, 0.15) is 0 Å². The fourth-order valence-electron chi connectivity index (χ4n) is 4.51. The van der Waals surface area contributed by atoms with E-state index in [2.05, 4.69) is 74.5 Å². The number of halogens is 2. The monoisotopic (exact) mass is 445 g/mol. The molecule has 4 rings (SSSR count). The average Bonchev–Trinajstić information content (AvgIpc) is 3.08. The van der Waals surface area contributed by atoms with Crippen LogP contribution in [0.2, 0.25) is 3.63 Å². The molecule has 0 amide bonds. The number of fused-ring (bicyclic) bond motifs is 2. The standard InChI is InChI=1S/C22H21.2ClH.Zr/c1-15-13-17-7-3-5-9-21(17)19(15)11-12-20-16(2)14-18-8-4-6-10-22(18)20;;;/h3-11,13-14,19-20H,12H2,1-2H3;2*1H;/q;;;+2/p-2. The van der Waals surface area contributed by atoms with Crippen LogP contribution >= 0.6 is 17.0 Å². The van der Waals surface area contributed by atoms with E-state index in [1.54, 1.807) is 0 Å². The van der Waals surface area contributed by atoms with Crippen LogP contribution in [0.5, 0.6) is 0 Å². The molecule has 2 aromatic rings. The molecule has 25 heavy (non-hydrogen) atoms. The van der Waals surface area contributed by atoms with Gasteiger partial charge in [-0.05, 0) is 0 Å². The zero-order valence-corrected chi connectivity index (χ0v) is 18.4. The summed E-state index contributed by atoms with van der Waals surface area (Å²) in [6.07, 6.45) is 5.71. The molecule has 3 heteroatoms. The van der Waals surface area contributed by atoms with Crippen molar-refractivity contribution in [3.63, 3.8) is 0 Å². The quantitative estimate of drug-likeness (QED) is 0.455. The number of hydrogen-bond acceptors (Lipinski definition) is 0. The molecular weight excluding hydrogens is 426 g/mol. The normalized spacial score (nSPS) is 22.1. The zero-order chi connectivity index (χ0) is 17.6. The van der Waals surface area contributed by atoms with Gasteiger partial charge in [-0.3, -0.25) is 0 Å². The Morgan fingerprint density at radius 2 is 1.40 bits per heavy atom. The Morgan fingerprint density at radius 3 is 2.08 bits per heavy atom. The van der Waals surface area contributed by atoms with E-state index in [4.69, 9.17) is 17.0 Å². The Hall–Kier alpha value is -0.617. The first-order valence-corrected chi connectivity index (χ1v) is 16.5. The number of benzene rings is 2. The summed E-state index contributed by atoms with van der Waals surface area (Å²) in [6, 6.07) is 17.4. The fourth-order valence-corrected chi connectivity index (χ4v) is 9.78. The minimum absolute atomic E-state index is 0.390. The van der Waals surface area contributed by atoms with Crippen molar-refractivity contribution in [2.75, 3.05) is 0 Å². The number of rotatable bonds is 4. The molecule has 0 radical (unpaired) electrons. The summed E-state index contributed by atoms with van der Waals surface area (Å²) < 4.78 is 0.394. The molecule has 2 aliphatic carbocycles. The second-order valence-corrected chi connectivity index (χ2v) is 16.4. The summed E-state index contributed by atoms with van der Waals surface area (Å²) in [4.78, 5) is 0. The van der Waals surface area contributed by atoms with Crippen LogP contribution in [0.3, 0.4) is 0 Å². The van der Waals surface area contributed by atoms with Crippen LogP contribution in [0.15, 0.2) is 59.7 Å². The molecule has 127 valence electrons. The fraction of sp³-hybridized carbons (Fsp3) is 0.273. The van der Waals surface area contributed by atoms with Crippen molar-refractivity contribution < 1.29 is 19.4 Å². The van der Waals surface area contributed by atoms with Gasteiger partial charge in [0.05, 0.1) is 0 Å². The molecule has 0 nitrogen and oxygen atoms in total. The molecule has 0 bridgehead atoms. The molecule has 3 unspecified atom stereocenters. The Morgan fingerprint density at radius 1 is 0.840 bits per heavy atom. The van der Waals surface area contributed by atoms with E-state index in [1.807, 2.05) is 0 Å².